The Morgan fingerprint density at radius 2 is 1.62 bits per heavy atom. The predicted octanol–water partition coefficient (Wildman–Crippen LogP) is 0.788. The summed E-state index contributed by atoms with van der Waals surface area (Å²) in [4.78, 5) is 0. The summed E-state index contributed by atoms with van der Waals surface area (Å²) in [5.74, 6) is 0.748. The van der Waals surface area contributed by atoms with E-state index in [1.54, 1.807) is 6.92 Å². The van der Waals surface area contributed by atoms with E-state index in [0.717, 1.165) is 0 Å². The summed E-state index contributed by atoms with van der Waals surface area (Å²) in [6.45, 7) is 7.78. The Bertz CT molecular complexity index is 166. The van der Waals surface area contributed by atoms with Crippen LogP contribution in [0, 0.1) is 11.8 Å². The fourth-order valence-corrected chi connectivity index (χ4v) is 1.89. The largest absolute Gasteiger partial charge is 0.391 e. The first-order chi connectivity index (χ1) is 5.95. The molecule has 0 amide bonds. The zero-order chi connectivity index (χ0) is 10.2. The minimum absolute atomic E-state index is 0.174. The Kier molecular flexibility index (Phi) is 3.33. The summed E-state index contributed by atoms with van der Waals surface area (Å²) in [5, 5.41) is 18.9. The van der Waals surface area contributed by atoms with Gasteiger partial charge in [0.1, 0.15) is 6.10 Å². The minimum atomic E-state index is -0.762. The van der Waals surface area contributed by atoms with E-state index in [9.17, 15) is 10.2 Å². The van der Waals surface area contributed by atoms with Crippen LogP contribution in [0.1, 0.15) is 27.7 Å². The lowest BCUT2D eigenvalue weighted by Gasteiger charge is -2.24. The van der Waals surface area contributed by atoms with E-state index in [2.05, 4.69) is 13.8 Å². The Morgan fingerprint density at radius 1 is 1.08 bits per heavy atom. The Hall–Kier alpha value is -0.120. The topological polar surface area (TPSA) is 49.7 Å². The van der Waals surface area contributed by atoms with Crippen molar-refractivity contribution in [1.29, 1.82) is 0 Å². The maximum absolute atomic E-state index is 9.66. The van der Waals surface area contributed by atoms with Gasteiger partial charge in [-0.2, -0.15) is 0 Å². The molecule has 78 valence electrons. The SMILES string of the molecule is CC(O)C(O)C1OC(C)C(C)C1C. The van der Waals surface area contributed by atoms with Gasteiger partial charge in [-0.05, 0) is 25.7 Å². The molecule has 1 aliphatic rings. The number of hydrogen-bond acceptors (Lipinski definition) is 3. The van der Waals surface area contributed by atoms with Crippen LogP contribution in [0.25, 0.3) is 0 Å². The van der Waals surface area contributed by atoms with Crippen LogP contribution in [0.5, 0.6) is 0 Å². The van der Waals surface area contributed by atoms with Crippen LogP contribution in [0.15, 0.2) is 0 Å². The second-order valence-corrected chi connectivity index (χ2v) is 4.26. The quantitative estimate of drug-likeness (QED) is 0.673. The molecule has 1 rings (SSSR count). The number of hydrogen-bond donors (Lipinski definition) is 2. The van der Waals surface area contributed by atoms with Crippen molar-refractivity contribution in [2.75, 3.05) is 0 Å². The van der Waals surface area contributed by atoms with Gasteiger partial charge in [-0.15, -0.1) is 0 Å². The third kappa shape index (κ3) is 2.03. The van der Waals surface area contributed by atoms with Gasteiger partial charge in [0.2, 0.25) is 0 Å². The molecule has 6 unspecified atom stereocenters. The highest BCUT2D eigenvalue weighted by molar-refractivity contribution is 4.89. The predicted molar refractivity (Wildman–Crippen MR) is 50.4 cm³/mol. The van der Waals surface area contributed by atoms with Crippen LogP contribution in [-0.4, -0.2) is 34.6 Å². The molecule has 1 aliphatic heterocycles. The second-order valence-electron chi connectivity index (χ2n) is 4.26. The van der Waals surface area contributed by atoms with E-state index in [0.29, 0.717) is 11.8 Å². The van der Waals surface area contributed by atoms with Crippen LogP contribution < -0.4 is 0 Å². The Labute approximate surface area is 79.7 Å². The maximum atomic E-state index is 9.66. The number of aliphatic hydroxyl groups excluding tert-OH is 2. The van der Waals surface area contributed by atoms with Gasteiger partial charge in [-0.25, -0.2) is 0 Å². The van der Waals surface area contributed by atoms with Crippen molar-refractivity contribution in [3.63, 3.8) is 0 Å². The lowest BCUT2D eigenvalue weighted by atomic mass is 9.88. The molecule has 0 spiro atoms. The van der Waals surface area contributed by atoms with E-state index < -0.39 is 12.2 Å². The second kappa shape index (κ2) is 3.95. The van der Waals surface area contributed by atoms with Gasteiger partial charge in [-0.1, -0.05) is 13.8 Å². The highest BCUT2D eigenvalue weighted by Gasteiger charge is 2.41. The van der Waals surface area contributed by atoms with E-state index in [-0.39, 0.29) is 12.2 Å². The highest BCUT2D eigenvalue weighted by atomic mass is 16.5. The zero-order valence-corrected chi connectivity index (χ0v) is 8.77. The van der Waals surface area contributed by atoms with Gasteiger partial charge in [-0.3, -0.25) is 0 Å². The minimum Gasteiger partial charge on any atom is -0.391 e. The fraction of sp³-hybridized carbons (Fsp3) is 1.00. The number of ether oxygens (including phenoxy) is 1. The van der Waals surface area contributed by atoms with Crippen molar-refractivity contribution >= 4 is 0 Å². The zero-order valence-electron chi connectivity index (χ0n) is 8.77. The summed E-state index contributed by atoms with van der Waals surface area (Å²) in [7, 11) is 0. The van der Waals surface area contributed by atoms with Crippen molar-refractivity contribution in [3.05, 3.63) is 0 Å². The van der Waals surface area contributed by atoms with Gasteiger partial charge in [0, 0.05) is 0 Å². The molecule has 13 heavy (non-hydrogen) atoms. The smallest absolute Gasteiger partial charge is 0.106 e. The molecule has 0 bridgehead atoms. The average Bonchev–Trinajstić information content (AvgIpc) is 2.31. The molecule has 3 heteroatoms. The van der Waals surface area contributed by atoms with Crippen LogP contribution in [0.2, 0.25) is 0 Å². The summed E-state index contributed by atoms with van der Waals surface area (Å²) in [5.41, 5.74) is 0. The third-order valence-electron chi connectivity index (χ3n) is 3.29. The van der Waals surface area contributed by atoms with Crippen molar-refractivity contribution in [3.8, 4) is 0 Å². The van der Waals surface area contributed by atoms with Crippen LogP contribution in [0.4, 0.5) is 0 Å². The first-order valence-corrected chi connectivity index (χ1v) is 4.96. The molecule has 0 radical (unpaired) electrons. The normalized spacial score (nSPS) is 44.8. The molecular weight excluding hydrogens is 168 g/mol. The molecule has 0 aromatic heterocycles. The summed E-state index contributed by atoms with van der Waals surface area (Å²) >= 11 is 0. The standard InChI is InChI=1S/C10H20O3/c1-5-6(2)10(13-8(5)4)9(12)7(3)11/h5-12H,1-4H3. The van der Waals surface area contributed by atoms with Gasteiger partial charge in [0.15, 0.2) is 0 Å². The molecule has 0 saturated carbocycles. The first kappa shape index (κ1) is 11.0. The van der Waals surface area contributed by atoms with E-state index >= 15 is 0 Å². The van der Waals surface area contributed by atoms with Crippen LogP contribution >= 0.6 is 0 Å². The molecule has 6 atom stereocenters. The van der Waals surface area contributed by atoms with Crippen molar-refractivity contribution < 1.29 is 14.9 Å². The van der Waals surface area contributed by atoms with Crippen molar-refractivity contribution in [2.24, 2.45) is 11.8 Å². The molecule has 0 aromatic carbocycles. The summed E-state index contributed by atoms with van der Waals surface area (Å²) in [6.07, 6.45) is -1.52. The molecule has 1 saturated heterocycles. The molecule has 0 aliphatic carbocycles. The van der Waals surface area contributed by atoms with Crippen LogP contribution in [0.3, 0.4) is 0 Å². The number of aliphatic hydroxyl groups is 2. The maximum Gasteiger partial charge on any atom is 0.106 e. The van der Waals surface area contributed by atoms with Gasteiger partial charge >= 0.3 is 0 Å². The van der Waals surface area contributed by atoms with Crippen LogP contribution in [-0.2, 0) is 4.74 Å². The molecule has 1 fully saturated rings. The van der Waals surface area contributed by atoms with E-state index in [1.165, 1.54) is 0 Å². The monoisotopic (exact) mass is 188 g/mol. The lowest BCUT2D eigenvalue weighted by Crippen LogP contribution is -2.38. The lowest BCUT2D eigenvalue weighted by molar-refractivity contribution is -0.0862. The molecule has 2 N–H and O–H groups in total. The van der Waals surface area contributed by atoms with Gasteiger partial charge in [0.25, 0.3) is 0 Å². The van der Waals surface area contributed by atoms with E-state index in [1.807, 2.05) is 6.92 Å². The summed E-state index contributed by atoms with van der Waals surface area (Å²) in [6, 6.07) is 0. The molecule has 3 nitrogen and oxygen atoms in total. The fourth-order valence-electron chi connectivity index (χ4n) is 1.89. The molecule has 1 heterocycles. The van der Waals surface area contributed by atoms with E-state index in [4.69, 9.17) is 4.74 Å². The van der Waals surface area contributed by atoms with Gasteiger partial charge < -0.3 is 14.9 Å². The van der Waals surface area contributed by atoms with Crippen molar-refractivity contribution in [1.82, 2.24) is 0 Å². The average molecular weight is 188 g/mol. The molecule has 0 aromatic rings. The Balaban J connectivity index is 2.62. The summed E-state index contributed by atoms with van der Waals surface area (Å²) < 4.78 is 5.60. The first-order valence-electron chi connectivity index (χ1n) is 4.96. The Morgan fingerprint density at radius 3 is 1.92 bits per heavy atom. The third-order valence-corrected chi connectivity index (χ3v) is 3.29. The van der Waals surface area contributed by atoms with Crippen molar-refractivity contribution in [2.45, 2.75) is 52.1 Å². The highest BCUT2D eigenvalue weighted by Crippen LogP contribution is 2.34. The molecular formula is C10H20O3. The van der Waals surface area contributed by atoms with Gasteiger partial charge in [0.05, 0.1) is 18.3 Å². The number of rotatable bonds is 2.